The fraction of sp³-hybridized carbons (Fsp3) is 0.700. The van der Waals surface area contributed by atoms with Gasteiger partial charge in [-0.2, -0.15) is 0 Å². The summed E-state index contributed by atoms with van der Waals surface area (Å²) in [4.78, 5) is 13.0. The van der Waals surface area contributed by atoms with Gasteiger partial charge < -0.3 is 10.0 Å². The summed E-state index contributed by atoms with van der Waals surface area (Å²) in [7, 11) is 3.75. The van der Waals surface area contributed by atoms with Gasteiger partial charge in [0.25, 0.3) is 0 Å². The zero-order chi connectivity index (χ0) is 10.9. The Labute approximate surface area is 89.3 Å². The van der Waals surface area contributed by atoms with Crippen molar-refractivity contribution >= 4 is 17.4 Å². The van der Waals surface area contributed by atoms with Gasteiger partial charge in [-0.25, -0.2) is 0 Å². The Balaban J connectivity index is 2.86. The Morgan fingerprint density at radius 1 is 1.64 bits per heavy atom. The second-order valence-electron chi connectivity index (χ2n) is 3.90. The zero-order valence-electron chi connectivity index (χ0n) is 8.70. The van der Waals surface area contributed by atoms with E-state index in [1.165, 1.54) is 6.92 Å². The van der Waals surface area contributed by atoms with Gasteiger partial charge in [-0.3, -0.25) is 4.79 Å². The third-order valence-electron chi connectivity index (χ3n) is 2.57. The highest BCUT2D eigenvalue weighted by molar-refractivity contribution is 6.22. The number of aliphatic hydroxyl groups is 1. The first kappa shape index (κ1) is 11.5. The lowest BCUT2D eigenvalue weighted by atomic mass is 9.86. The number of aliphatic hydroxyl groups excluding tert-OH is 1. The van der Waals surface area contributed by atoms with Crippen LogP contribution in [0.4, 0.5) is 0 Å². The van der Waals surface area contributed by atoms with Crippen LogP contribution in [-0.4, -0.2) is 41.4 Å². The maximum Gasteiger partial charge on any atom is 0.135 e. The summed E-state index contributed by atoms with van der Waals surface area (Å²) in [5.74, 6) is -0.349. The first-order chi connectivity index (χ1) is 6.43. The van der Waals surface area contributed by atoms with Crippen molar-refractivity contribution in [3.05, 3.63) is 11.8 Å². The van der Waals surface area contributed by atoms with Crippen molar-refractivity contribution in [2.45, 2.75) is 24.8 Å². The van der Waals surface area contributed by atoms with E-state index in [1.807, 2.05) is 19.0 Å². The minimum absolute atomic E-state index is 0.00259. The summed E-state index contributed by atoms with van der Waals surface area (Å²) in [5.41, 5.74) is 0.886. The lowest BCUT2D eigenvalue weighted by molar-refractivity contribution is -0.123. The van der Waals surface area contributed by atoms with Crippen LogP contribution in [0.1, 0.15) is 13.3 Å². The monoisotopic (exact) mass is 217 g/mol. The predicted octanol–water partition coefficient (Wildman–Crippen LogP) is 1.01. The van der Waals surface area contributed by atoms with E-state index in [4.69, 9.17) is 11.6 Å². The molecule has 1 unspecified atom stereocenters. The smallest absolute Gasteiger partial charge is 0.135 e. The number of carbonyl (C=O) groups is 1. The van der Waals surface area contributed by atoms with Gasteiger partial charge in [0.15, 0.2) is 0 Å². The molecule has 0 radical (unpaired) electrons. The summed E-state index contributed by atoms with van der Waals surface area (Å²) in [6.45, 7) is 1.49. The fourth-order valence-corrected chi connectivity index (χ4v) is 2.17. The minimum Gasteiger partial charge on any atom is -0.388 e. The van der Waals surface area contributed by atoms with Crippen molar-refractivity contribution in [2.24, 2.45) is 5.92 Å². The van der Waals surface area contributed by atoms with Crippen LogP contribution in [0.25, 0.3) is 0 Å². The first-order valence-corrected chi connectivity index (χ1v) is 5.08. The quantitative estimate of drug-likeness (QED) is 0.702. The molecule has 3 nitrogen and oxygen atoms in total. The molecule has 3 atom stereocenters. The summed E-state index contributed by atoms with van der Waals surface area (Å²) < 4.78 is 0. The number of rotatable bonds is 2. The largest absolute Gasteiger partial charge is 0.388 e. The molecule has 0 aliphatic heterocycles. The maximum atomic E-state index is 11.2. The van der Waals surface area contributed by atoms with Gasteiger partial charge in [0, 0.05) is 25.7 Å². The Morgan fingerprint density at radius 2 is 2.21 bits per heavy atom. The maximum absolute atomic E-state index is 11.2. The molecule has 0 aromatic carbocycles. The van der Waals surface area contributed by atoms with Crippen LogP contribution in [0.2, 0.25) is 0 Å². The van der Waals surface area contributed by atoms with E-state index in [1.54, 1.807) is 6.08 Å². The van der Waals surface area contributed by atoms with E-state index in [-0.39, 0.29) is 17.1 Å². The number of ketones is 1. The number of hydrogen-bond acceptors (Lipinski definition) is 3. The summed E-state index contributed by atoms with van der Waals surface area (Å²) in [6, 6.07) is 0. The van der Waals surface area contributed by atoms with Crippen LogP contribution in [0.5, 0.6) is 0 Å². The van der Waals surface area contributed by atoms with Crippen molar-refractivity contribution in [1.29, 1.82) is 0 Å². The molecule has 1 aliphatic rings. The molecule has 0 fully saturated rings. The molecule has 1 N–H and O–H groups in total. The number of nitrogens with zero attached hydrogens (tertiary/aromatic N) is 1. The van der Waals surface area contributed by atoms with E-state index in [9.17, 15) is 9.90 Å². The van der Waals surface area contributed by atoms with Gasteiger partial charge in [0.1, 0.15) is 5.78 Å². The second-order valence-corrected chi connectivity index (χ2v) is 4.42. The van der Waals surface area contributed by atoms with Gasteiger partial charge in [0.05, 0.1) is 11.5 Å². The molecule has 0 aromatic rings. The number of Topliss-reactive ketones (excluding diaryl/α,β-unsaturated/α-hetero) is 1. The van der Waals surface area contributed by atoms with Gasteiger partial charge in [-0.1, -0.05) is 0 Å². The third-order valence-corrected chi connectivity index (χ3v) is 2.98. The molecule has 0 amide bonds. The molecule has 4 heteroatoms. The molecular weight excluding hydrogens is 202 g/mol. The van der Waals surface area contributed by atoms with E-state index in [0.29, 0.717) is 6.42 Å². The Hall–Kier alpha value is -0.540. The van der Waals surface area contributed by atoms with Crippen molar-refractivity contribution in [3.63, 3.8) is 0 Å². The highest BCUT2D eigenvalue weighted by atomic mass is 35.5. The van der Waals surface area contributed by atoms with Crippen LogP contribution in [0, 0.1) is 5.92 Å². The van der Waals surface area contributed by atoms with Gasteiger partial charge >= 0.3 is 0 Å². The highest BCUT2D eigenvalue weighted by Crippen LogP contribution is 2.29. The average molecular weight is 218 g/mol. The molecule has 0 aromatic heterocycles. The fourth-order valence-electron chi connectivity index (χ4n) is 1.71. The van der Waals surface area contributed by atoms with Crippen LogP contribution in [-0.2, 0) is 4.79 Å². The molecule has 1 aliphatic carbocycles. The molecule has 14 heavy (non-hydrogen) atoms. The van der Waals surface area contributed by atoms with E-state index in [0.717, 1.165) is 5.70 Å². The first-order valence-electron chi connectivity index (χ1n) is 4.65. The lowest BCUT2D eigenvalue weighted by Gasteiger charge is -2.32. The molecule has 0 saturated heterocycles. The Bertz CT molecular complexity index is 263. The molecule has 0 bridgehead atoms. The molecule has 80 valence electrons. The summed E-state index contributed by atoms with van der Waals surface area (Å²) in [5, 5.41) is 9.52. The Morgan fingerprint density at radius 3 is 2.64 bits per heavy atom. The molecule has 1 rings (SSSR count). The van der Waals surface area contributed by atoms with Crippen molar-refractivity contribution < 1.29 is 9.90 Å². The highest BCUT2D eigenvalue weighted by Gasteiger charge is 2.32. The Kier molecular flexibility index (Phi) is 3.56. The van der Waals surface area contributed by atoms with Crippen molar-refractivity contribution in [3.8, 4) is 0 Å². The molecular formula is C10H16ClNO2. The standard InChI is InChI=1S/C10H16ClNO2/c1-6(13)7-4-8(11)9(12(2)3)5-10(7)14/h5,7-8,10,14H,4H2,1-3H3/t7?,8-,10-/m0/s1. The molecule has 0 heterocycles. The lowest BCUT2D eigenvalue weighted by Crippen LogP contribution is -2.36. The number of alkyl halides is 1. The SMILES string of the molecule is CC(=O)C1C[C@H](Cl)C(N(C)C)=C[C@@H]1O. The average Bonchev–Trinajstić information content (AvgIpc) is 2.07. The van der Waals surface area contributed by atoms with E-state index < -0.39 is 6.10 Å². The topological polar surface area (TPSA) is 40.5 Å². The van der Waals surface area contributed by atoms with Gasteiger partial charge in [-0.15, -0.1) is 11.6 Å². The minimum atomic E-state index is -0.695. The normalized spacial score (nSPS) is 32.4. The zero-order valence-corrected chi connectivity index (χ0v) is 9.45. The van der Waals surface area contributed by atoms with Gasteiger partial charge in [-0.05, 0) is 19.4 Å². The van der Waals surface area contributed by atoms with Crippen LogP contribution >= 0.6 is 11.6 Å². The molecule has 0 spiro atoms. The van der Waals surface area contributed by atoms with Crippen LogP contribution in [0.15, 0.2) is 11.8 Å². The number of halogens is 1. The van der Waals surface area contributed by atoms with E-state index in [2.05, 4.69) is 0 Å². The van der Waals surface area contributed by atoms with Crippen LogP contribution < -0.4 is 0 Å². The molecule has 0 saturated carbocycles. The summed E-state index contributed by atoms with van der Waals surface area (Å²) in [6.07, 6.45) is 1.50. The van der Waals surface area contributed by atoms with Crippen molar-refractivity contribution in [1.82, 2.24) is 4.90 Å². The number of hydrogen-bond donors (Lipinski definition) is 1. The number of allylic oxidation sites excluding steroid dienone is 1. The van der Waals surface area contributed by atoms with Gasteiger partial charge in [0.2, 0.25) is 0 Å². The summed E-state index contributed by atoms with van der Waals surface area (Å²) >= 11 is 6.11. The van der Waals surface area contributed by atoms with Crippen LogP contribution in [0.3, 0.4) is 0 Å². The third kappa shape index (κ3) is 2.28. The predicted molar refractivity (Wildman–Crippen MR) is 56.2 cm³/mol. The second kappa shape index (κ2) is 4.32. The van der Waals surface area contributed by atoms with E-state index >= 15 is 0 Å². The van der Waals surface area contributed by atoms with Crippen molar-refractivity contribution in [2.75, 3.05) is 14.1 Å². The number of carbonyl (C=O) groups excluding carboxylic acids is 1.